The van der Waals surface area contributed by atoms with E-state index >= 15 is 0 Å². The number of anilines is 1. The number of benzene rings is 1. The number of hydrogen-bond donors (Lipinski definition) is 1. The number of nitrogens with zero attached hydrogens (tertiary/aromatic N) is 2. The van der Waals surface area contributed by atoms with E-state index in [4.69, 9.17) is 0 Å². The summed E-state index contributed by atoms with van der Waals surface area (Å²) >= 11 is 0. The molecule has 142 valence electrons. The molecule has 0 radical (unpaired) electrons. The van der Waals surface area contributed by atoms with E-state index < -0.39 is 18.0 Å². The third kappa shape index (κ3) is 3.41. The number of hydrogen-bond acceptors (Lipinski definition) is 3. The molecule has 1 atom stereocenters. The Balaban J connectivity index is 1.81. The summed E-state index contributed by atoms with van der Waals surface area (Å²) in [5.41, 5.74) is 1.98. The van der Waals surface area contributed by atoms with Crippen LogP contribution in [-0.4, -0.2) is 29.3 Å². The second-order valence-electron chi connectivity index (χ2n) is 6.93. The number of alkyl halides is 3. The predicted molar refractivity (Wildman–Crippen MR) is 98.7 cm³/mol. The number of allylic oxidation sites excluding steroid dienone is 5. The summed E-state index contributed by atoms with van der Waals surface area (Å²) in [6.07, 6.45) is 7.08. The van der Waals surface area contributed by atoms with Gasteiger partial charge in [0.2, 0.25) is 0 Å². The summed E-state index contributed by atoms with van der Waals surface area (Å²) in [6, 6.07) is 5.16. The Hall–Kier alpha value is -2.47. The van der Waals surface area contributed by atoms with Gasteiger partial charge in [-0.2, -0.15) is 13.2 Å². The fourth-order valence-corrected chi connectivity index (χ4v) is 3.83. The number of aliphatic hydroxyl groups excluding tert-OH is 1. The highest BCUT2D eigenvalue weighted by molar-refractivity contribution is 5.66. The molecule has 1 aromatic rings. The SMILES string of the molecule is OC1C(N2CCCC2)=CC2=CC=CCC=C2N1c1cccc(C(F)(F)F)c1. The van der Waals surface area contributed by atoms with Crippen LogP contribution in [0.2, 0.25) is 0 Å². The van der Waals surface area contributed by atoms with Gasteiger partial charge < -0.3 is 14.9 Å². The minimum absolute atomic E-state index is 0.334. The molecule has 6 heteroatoms. The highest BCUT2D eigenvalue weighted by Gasteiger charge is 2.36. The van der Waals surface area contributed by atoms with Crippen molar-refractivity contribution in [2.45, 2.75) is 31.7 Å². The standard InChI is InChI=1S/C21H21F3N2O/c22-21(23,24)16-8-6-9-17(14-16)26-18-10-3-1-2-7-15(18)13-19(20(26)27)25-11-4-5-12-25/h1-2,6-10,13-14,20,27H,3-5,11-12H2. The van der Waals surface area contributed by atoms with E-state index in [1.807, 2.05) is 30.4 Å². The maximum absolute atomic E-state index is 13.2. The quantitative estimate of drug-likeness (QED) is 0.820. The molecule has 3 nitrogen and oxygen atoms in total. The van der Waals surface area contributed by atoms with Gasteiger partial charge in [-0.3, -0.25) is 0 Å². The zero-order valence-electron chi connectivity index (χ0n) is 14.8. The van der Waals surface area contributed by atoms with Crippen molar-refractivity contribution in [2.24, 2.45) is 0 Å². The first-order valence-corrected chi connectivity index (χ1v) is 9.13. The van der Waals surface area contributed by atoms with Gasteiger partial charge >= 0.3 is 6.18 Å². The van der Waals surface area contributed by atoms with Gasteiger partial charge in [-0.15, -0.1) is 0 Å². The van der Waals surface area contributed by atoms with Crippen LogP contribution in [0.1, 0.15) is 24.8 Å². The number of halogens is 3. The molecule has 3 aliphatic rings. The largest absolute Gasteiger partial charge is 0.416 e. The van der Waals surface area contributed by atoms with E-state index in [9.17, 15) is 18.3 Å². The van der Waals surface area contributed by atoms with Crippen molar-refractivity contribution in [1.82, 2.24) is 4.90 Å². The molecule has 0 saturated carbocycles. The van der Waals surface area contributed by atoms with Crippen molar-refractivity contribution in [2.75, 3.05) is 18.0 Å². The number of fused-ring (bicyclic) bond motifs is 1. The molecular weight excluding hydrogens is 353 g/mol. The first kappa shape index (κ1) is 17.9. The molecule has 1 fully saturated rings. The van der Waals surface area contributed by atoms with E-state index in [0.29, 0.717) is 12.1 Å². The van der Waals surface area contributed by atoms with E-state index in [1.165, 1.54) is 6.07 Å². The molecule has 0 bridgehead atoms. The number of aliphatic hydroxyl groups is 1. The Morgan fingerprint density at radius 3 is 2.63 bits per heavy atom. The predicted octanol–water partition coefficient (Wildman–Crippen LogP) is 4.59. The van der Waals surface area contributed by atoms with Gasteiger partial charge in [0.15, 0.2) is 6.23 Å². The maximum atomic E-state index is 13.2. The van der Waals surface area contributed by atoms with Gasteiger partial charge in [-0.25, -0.2) is 0 Å². The molecule has 0 amide bonds. The van der Waals surface area contributed by atoms with Crippen molar-refractivity contribution in [3.8, 4) is 0 Å². The van der Waals surface area contributed by atoms with Crippen LogP contribution >= 0.6 is 0 Å². The minimum Gasteiger partial charge on any atom is -0.371 e. The van der Waals surface area contributed by atoms with Crippen LogP contribution in [0.5, 0.6) is 0 Å². The molecule has 27 heavy (non-hydrogen) atoms. The Morgan fingerprint density at radius 1 is 1.11 bits per heavy atom. The van der Waals surface area contributed by atoms with Crippen LogP contribution in [0.3, 0.4) is 0 Å². The molecule has 1 saturated heterocycles. The van der Waals surface area contributed by atoms with Crippen LogP contribution in [0.15, 0.2) is 71.6 Å². The molecule has 4 rings (SSSR count). The molecule has 1 aromatic carbocycles. The fourth-order valence-electron chi connectivity index (χ4n) is 3.83. The van der Waals surface area contributed by atoms with Gasteiger partial charge in [0.05, 0.1) is 11.3 Å². The average Bonchev–Trinajstić information content (AvgIpc) is 3.07. The van der Waals surface area contributed by atoms with Gasteiger partial charge in [0.1, 0.15) is 0 Å². The first-order valence-electron chi connectivity index (χ1n) is 9.13. The summed E-state index contributed by atoms with van der Waals surface area (Å²) in [4.78, 5) is 3.74. The summed E-state index contributed by atoms with van der Waals surface area (Å²) in [5.74, 6) is 0. The summed E-state index contributed by atoms with van der Waals surface area (Å²) in [6.45, 7) is 1.70. The number of likely N-dealkylation sites (tertiary alicyclic amines) is 1. The Bertz CT molecular complexity index is 845. The van der Waals surface area contributed by atoms with Gasteiger partial charge in [0.25, 0.3) is 0 Å². The molecule has 2 aliphatic heterocycles. The molecule has 0 spiro atoms. The Kier molecular flexibility index (Phi) is 4.60. The Morgan fingerprint density at radius 2 is 1.89 bits per heavy atom. The fraction of sp³-hybridized carbons (Fsp3) is 0.333. The third-order valence-electron chi connectivity index (χ3n) is 5.15. The van der Waals surface area contributed by atoms with Crippen molar-refractivity contribution < 1.29 is 18.3 Å². The minimum atomic E-state index is -4.43. The summed E-state index contributed by atoms with van der Waals surface area (Å²) in [7, 11) is 0. The van der Waals surface area contributed by atoms with Crippen molar-refractivity contribution >= 4 is 5.69 Å². The highest BCUT2D eigenvalue weighted by atomic mass is 19.4. The summed E-state index contributed by atoms with van der Waals surface area (Å²) in [5, 5.41) is 11.1. The van der Waals surface area contributed by atoms with Crippen molar-refractivity contribution in [3.63, 3.8) is 0 Å². The van der Waals surface area contributed by atoms with E-state index in [1.54, 1.807) is 11.0 Å². The van der Waals surface area contributed by atoms with Crippen LogP contribution in [0, 0.1) is 0 Å². The van der Waals surface area contributed by atoms with Crippen molar-refractivity contribution in [1.29, 1.82) is 0 Å². The zero-order chi connectivity index (χ0) is 19.0. The van der Waals surface area contributed by atoms with Crippen molar-refractivity contribution in [3.05, 3.63) is 77.2 Å². The van der Waals surface area contributed by atoms with Gasteiger partial charge in [-0.1, -0.05) is 30.4 Å². The van der Waals surface area contributed by atoms with Crippen LogP contribution < -0.4 is 4.90 Å². The van der Waals surface area contributed by atoms with E-state index in [-0.39, 0.29) is 0 Å². The second kappa shape index (κ2) is 6.93. The molecule has 1 N–H and O–H groups in total. The smallest absolute Gasteiger partial charge is 0.371 e. The number of rotatable bonds is 2. The lowest BCUT2D eigenvalue weighted by atomic mass is 10.0. The molecule has 1 aliphatic carbocycles. The summed E-state index contributed by atoms with van der Waals surface area (Å²) < 4.78 is 39.6. The van der Waals surface area contributed by atoms with Crippen LogP contribution in [0.4, 0.5) is 18.9 Å². The van der Waals surface area contributed by atoms with Crippen LogP contribution in [-0.2, 0) is 6.18 Å². The Labute approximate surface area is 156 Å². The zero-order valence-corrected chi connectivity index (χ0v) is 14.8. The lowest BCUT2D eigenvalue weighted by Gasteiger charge is -2.41. The highest BCUT2D eigenvalue weighted by Crippen LogP contribution is 2.39. The average molecular weight is 374 g/mol. The molecule has 1 unspecified atom stereocenters. The molecule has 0 aromatic heterocycles. The van der Waals surface area contributed by atoms with Gasteiger partial charge in [0, 0.05) is 24.5 Å². The lowest BCUT2D eigenvalue weighted by Crippen LogP contribution is -2.44. The molecular formula is C21H21F3N2O. The topological polar surface area (TPSA) is 26.7 Å². The molecule has 2 heterocycles. The third-order valence-corrected chi connectivity index (χ3v) is 5.15. The monoisotopic (exact) mass is 374 g/mol. The normalized spacial score (nSPS) is 22.8. The maximum Gasteiger partial charge on any atom is 0.416 e. The van der Waals surface area contributed by atoms with Gasteiger partial charge in [-0.05, 0) is 49.1 Å². The first-order chi connectivity index (χ1) is 12.9. The van der Waals surface area contributed by atoms with Crippen LogP contribution in [0.25, 0.3) is 0 Å². The van der Waals surface area contributed by atoms with E-state index in [0.717, 1.165) is 55.0 Å². The second-order valence-corrected chi connectivity index (χ2v) is 6.93. The van der Waals surface area contributed by atoms with E-state index in [2.05, 4.69) is 4.90 Å². The lowest BCUT2D eigenvalue weighted by molar-refractivity contribution is -0.137.